The Morgan fingerprint density at radius 1 is 1.17 bits per heavy atom. The minimum Gasteiger partial charge on any atom is -0.493 e. The molecule has 18 heavy (non-hydrogen) atoms. The Hall–Kier alpha value is -1.38. The molecular weight excluding hydrogens is 226 g/mol. The maximum Gasteiger partial charge on any atom is 0.162 e. The molecule has 1 atom stereocenters. The van der Waals surface area contributed by atoms with Crippen molar-refractivity contribution >= 4 is 5.69 Å². The summed E-state index contributed by atoms with van der Waals surface area (Å²) < 4.78 is 10.6. The van der Waals surface area contributed by atoms with Gasteiger partial charge >= 0.3 is 0 Å². The summed E-state index contributed by atoms with van der Waals surface area (Å²) in [6.07, 6.45) is 3.75. The first kappa shape index (κ1) is 13.1. The minimum absolute atomic E-state index is 0.466. The molecule has 0 aliphatic heterocycles. The first-order chi connectivity index (χ1) is 8.54. The van der Waals surface area contributed by atoms with E-state index < -0.39 is 0 Å². The molecule has 0 spiro atoms. The Morgan fingerprint density at radius 3 is 2.44 bits per heavy atom. The van der Waals surface area contributed by atoms with Gasteiger partial charge in [-0.2, -0.15) is 0 Å². The van der Waals surface area contributed by atoms with Gasteiger partial charge in [-0.15, -0.1) is 0 Å². The molecule has 1 N–H and O–H groups in total. The molecule has 1 saturated carbocycles. The second-order valence-corrected chi connectivity index (χ2v) is 5.82. The van der Waals surface area contributed by atoms with Crippen LogP contribution in [-0.4, -0.2) is 20.3 Å². The third kappa shape index (κ3) is 2.89. The number of anilines is 1. The summed E-state index contributed by atoms with van der Waals surface area (Å²) in [6.45, 7) is 4.67. The number of hydrogen-bond acceptors (Lipinski definition) is 3. The van der Waals surface area contributed by atoms with E-state index in [-0.39, 0.29) is 0 Å². The van der Waals surface area contributed by atoms with E-state index in [9.17, 15) is 0 Å². The van der Waals surface area contributed by atoms with Gasteiger partial charge in [-0.3, -0.25) is 0 Å². The fourth-order valence-electron chi connectivity index (χ4n) is 2.72. The molecule has 3 nitrogen and oxygen atoms in total. The van der Waals surface area contributed by atoms with Gasteiger partial charge in [0.25, 0.3) is 0 Å². The Labute approximate surface area is 109 Å². The second kappa shape index (κ2) is 5.09. The first-order valence-corrected chi connectivity index (χ1v) is 6.53. The van der Waals surface area contributed by atoms with Crippen molar-refractivity contribution in [1.82, 2.24) is 0 Å². The van der Waals surface area contributed by atoms with Crippen LogP contribution in [0.4, 0.5) is 5.69 Å². The molecule has 0 amide bonds. The predicted octanol–water partition coefficient (Wildman–Crippen LogP) is 3.69. The van der Waals surface area contributed by atoms with E-state index in [4.69, 9.17) is 9.47 Å². The average Bonchev–Trinajstić information content (AvgIpc) is 2.68. The Morgan fingerprint density at radius 2 is 1.89 bits per heavy atom. The van der Waals surface area contributed by atoms with Gasteiger partial charge in [0, 0.05) is 17.8 Å². The number of benzene rings is 1. The van der Waals surface area contributed by atoms with E-state index in [0.29, 0.717) is 11.5 Å². The standard InChI is InChI=1S/C15H23NO2/c1-15(2)8-7-12(10-15)16-11-5-6-13(17-3)14(9-11)18-4/h5-6,9,12,16H,7-8,10H2,1-4H3. The summed E-state index contributed by atoms with van der Waals surface area (Å²) >= 11 is 0. The van der Waals surface area contributed by atoms with Crippen molar-refractivity contribution in [3.63, 3.8) is 0 Å². The molecule has 1 aliphatic rings. The molecule has 1 aliphatic carbocycles. The van der Waals surface area contributed by atoms with Gasteiger partial charge in [0.15, 0.2) is 11.5 Å². The molecule has 1 aromatic rings. The molecule has 1 unspecified atom stereocenters. The highest BCUT2D eigenvalue weighted by atomic mass is 16.5. The van der Waals surface area contributed by atoms with Gasteiger partial charge in [0.1, 0.15) is 0 Å². The van der Waals surface area contributed by atoms with Gasteiger partial charge in [-0.25, -0.2) is 0 Å². The molecule has 0 bridgehead atoms. The van der Waals surface area contributed by atoms with Gasteiger partial charge in [-0.05, 0) is 36.8 Å². The summed E-state index contributed by atoms with van der Waals surface area (Å²) in [5.74, 6) is 1.55. The van der Waals surface area contributed by atoms with Crippen molar-refractivity contribution < 1.29 is 9.47 Å². The lowest BCUT2D eigenvalue weighted by atomic mass is 9.92. The SMILES string of the molecule is COc1ccc(NC2CCC(C)(C)C2)cc1OC. The van der Waals surface area contributed by atoms with E-state index in [1.165, 1.54) is 19.3 Å². The normalized spacial score (nSPS) is 21.7. The zero-order chi connectivity index (χ0) is 13.2. The van der Waals surface area contributed by atoms with Gasteiger partial charge < -0.3 is 14.8 Å². The molecular formula is C15H23NO2. The summed E-state index contributed by atoms with van der Waals surface area (Å²) in [5.41, 5.74) is 1.57. The summed E-state index contributed by atoms with van der Waals surface area (Å²) in [5, 5.41) is 3.59. The number of hydrogen-bond donors (Lipinski definition) is 1. The molecule has 100 valence electrons. The third-order valence-corrected chi connectivity index (χ3v) is 3.72. The highest BCUT2D eigenvalue weighted by molar-refractivity contribution is 5.55. The number of nitrogens with one attached hydrogen (secondary N) is 1. The largest absolute Gasteiger partial charge is 0.493 e. The van der Waals surface area contributed by atoms with Crippen molar-refractivity contribution in [2.45, 2.75) is 39.2 Å². The fourth-order valence-corrected chi connectivity index (χ4v) is 2.72. The van der Waals surface area contributed by atoms with Crippen LogP contribution in [0.15, 0.2) is 18.2 Å². The van der Waals surface area contributed by atoms with Crippen LogP contribution in [0, 0.1) is 5.41 Å². The van der Waals surface area contributed by atoms with Crippen molar-refractivity contribution in [3.05, 3.63) is 18.2 Å². The lowest BCUT2D eigenvalue weighted by molar-refractivity contribution is 0.355. The van der Waals surface area contributed by atoms with Gasteiger partial charge in [0.05, 0.1) is 14.2 Å². The molecule has 0 aromatic heterocycles. The van der Waals surface area contributed by atoms with Crippen LogP contribution in [-0.2, 0) is 0 Å². The Kier molecular flexibility index (Phi) is 3.69. The van der Waals surface area contributed by atoms with Crippen LogP contribution in [0.3, 0.4) is 0 Å². The number of ether oxygens (including phenoxy) is 2. The summed E-state index contributed by atoms with van der Waals surface area (Å²) in [4.78, 5) is 0. The van der Waals surface area contributed by atoms with Crippen LogP contribution in [0.25, 0.3) is 0 Å². The molecule has 0 heterocycles. The van der Waals surface area contributed by atoms with Crippen molar-refractivity contribution in [2.75, 3.05) is 19.5 Å². The smallest absolute Gasteiger partial charge is 0.162 e. The van der Waals surface area contributed by atoms with Crippen LogP contribution < -0.4 is 14.8 Å². The maximum absolute atomic E-state index is 5.32. The van der Waals surface area contributed by atoms with Crippen molar-refractivity contribution in [2.24, 2.45) is 5.41 Å². The highest BCUT2D eigenvalue weighted by Gasteiger charge is 2.30. The monoisotopic (exact) mass is 249 g/mol. The van der Waals surface area contributed by atoms with E-state index >= 15 is 0 Å². The molecule has 0 saturated heterocycles. The maximum atomic E-state index is 5.32. The zero-order valence-corrected chi connectivity index (χ0v) is 11.7. The first-order valence-electron chi connectivity index (χ1n) is 6.53. The van der Waals surface area contributed by atoms with Crippen LogP contribution in [0.5, 0.6) is 11.5 Å². The van der Waals surface area contributed by atoms with Crippen molar-refractivity contribution in [3.8, 4) is 11.5 Å². The quantitative estimate of drug-likeness (QED) is 0.882. The second-order valence-electron chi connectivity index (χ2n) is 5.82. The predicted molar refractivity (Wildman–Crippen MR) is 74.6 cm³/mol. The fraction of sp³-hybridized carbons (Fsp3) is 0.600. The molecule has 0 radical (unpaired) electrons. The Balaban J connectivity index is 2.06. The zero-order valence-electron chi connectivity index (χ0n) is 11.7. The van der Waals surface area contributed by atoms with Crippen LogP contribution in [0.2, 0.25) is 0 Å². The topological polar surface area (TPSA) is 30.5 Å². The Bertz CT molecular complexity index is 415. The van der Waals surface area contributed by atoms with Gasteiger partial charge in [-0.1, -0.05) is 13.8 Å². The molecule has 2 rings (SSSR count). The van der Waals surface area contributed by atoms with E-state index in [2.05, 4.69) is 19.2 Å². The third-order valence-electron chi connectivity index (χ3n) is 3.72. The number of methoxy groups -OCH3 is 2. The summed E-state index contributed by atoms with van der Waals surface area (Å²) in [7, 11) is 3.32. The van der Waals surface area contributed by atoms with Gasteiger partial charge in [0.2, 0.25) is 0 Å². The summed E-state index contributed by atoms with van der Waals surface area (Å²) in [6, 6.07) is 6.57. The van der Waals surface area contributed by atoms with Crippen LogP contribution in [0.1, 0.15) is 33.1 Å². The van der Waals surface area contributed by atoms with E-state index in [0.717, 1.165) is 17.2 Å². The lowest BCUT2D eigenvalue weighted by Gasteiger charge is -2.19. The lowest BCUT2D eigenvalue weighted by Crippen LogP contribution is -2.17. The number of rotatable bonds is 4. The molecule has 3 heteroatoms. The van der Waals surface area contributed by atoms with Crippen LogP contribution >= 0.6 is 0 Å². The highest BCUT2D eigenvalue weighted by Crippen LogP contribution is 2.39. The van der Waals surface area contributed by atoms with E-state index in [1.807, 2.05) is 18.2 Å². The van der Waals surface area contributed by atoms with Crippen molar-refractivity contribution in [1.29, 1.82) is 0 Å². The molecule has 1 fully saturated rings. The average molecular weight is 249 g/mol. The molecule has 1 aromatic carbocycles. The van der Waals surface area contributed by atoms with E-state index in [1.54, 1.807) is 14.2 Å². The minimum atomic E-state index is 0.466.